The van der Waals surface area contributed by atoms with Crippen molar-refractivity contribution in [3.63, 3.8) is 0 Å². The highest BCUT2D eigenvalue weighted by Gasteiger charge is 2.37. The molecule has 0 spiro atoms. The van der Waals surface area contributed by atoms with Crippen molar-refractivity contribution in [3.8, 4) is 0 Å². The Kier molecular flexibility index (Phi) is 4.36. The maximum Gasteiger partial charge on any atom is 0.306 e. The Labute approximate surface area is 119 Å². The van der Waals surface area contributed by atoms with Gasteiger partial charge in [-0.15, -0.1) is 0 Å². The normalized spacial score (nSPS) is 32.8. The van der Waals surface area contributed by atoms with Crippen molar-refractivity contribution in [2.75, 3.05) is 18.6 Å². The average Bonchev–Trinajstić information content (AvgIpc) is 2.77. The molecule has 1 saturated carbocycles. The number of carboxylic acid groups (broad SMARTS) is 1. The third kappa shape index (κ3) is 3.31. The van der Waals surface area contributed by atoms with Crippen LogP contribution in [0.2, 0.25) is 0 Å². The zero-order chi connectivity index (χ0) is 14.9. The fourth-order valence-corrected chi connectivity index (χ4v) is 4.96. The highest BCUT2D eigenvalue weighted by atomic mass is 32.2. The van der Waals surface area contributed by atoms with Crippen LogP contribution in [0.4, 0.5) is 0 Å². The molecule has 0 unspecified atom stereocenters. The summed E-state index contributed by atoms with van der Waals surface area (Å²) in [6.07, 6.45) is 2.93. The smallest absolute Gasteiger partial charge is 0.306 e. The molecule has 1 saturated heterocycles. The van der Waals surface area contributed by atoms with Gasteiger partial charge in [-0.3, -0.25) is 9.59 Å². The first-order valence-electron chi connectivity index (χ1n) is 7.00. The lowest BCUT2D eigenvalue weighted by Gasteiger charge is -2.32. The van der Waals surface area contributed by atoms with Crippen LogP contribution in [-0.4, -0.2) is 54.9 Å². The van der Waals surface area contributed by atoms with Crippen LogP contribution in [0.25, 0.3) is 0 Å². The summed E-state index contributed by atoms with van der Waals surface area (Å²) >= 11 is 0. The van der Waals surface area contributed by atoms with E-state index in [4.69, 9.17) is 5.11 Å². The van der Waals surface area contributed by atoms with E-state index in [9.17, 15) is 18.0 Å². The Hall–Kier alpha value is -1.11. The standard InChI is InChI=1S/C13H21NO5S/c1-14(11-5-6-20(18,19)8-11)12(15)9-3-2-4-10(7-9)13(16)17/h9-11H,2-8H2,1H3,(H,16,17)/t9-,10+,11-/m1/s1. The van der Waals surface area contributed by atoms with Gasteiger partial charge < -0.3 is 10.0 Å². The van der Waals surface area contributed by atoms with Gasteiger partial charge in [-0.05, 0) is 25.7 Å². The van der Waals surface area contributed by atoms with Crippen LogP contribution < -0.4 is 0 Å². The van der Waals surface area contributed by atoms with Gasteiger partial charge >= 0.3 is 5.97 Å². The summed E-state index contributed by atoms with van der Waals surface area (Å²) in [4.78, 5) is 25.0. The van der Waals surface area contributed by atoms with Crippen LogP contribution in [0.15, 0.2) is 0 Å². The molecule has 0 aromatic heterocycles. The second kappa shape index (κ2) is 5.71. The maximum atomic E-state index is 12.4. The molecule has 7 heteroatoms. The number of carbonyl (C=O) groups is 2. The third-order valence-corrected chi connectivity index (χ3v) is 6.23. The number of nitrogens with zero attached hydrogens (tertiary/aromatic N) is 1. The summed E-state index contributed by atoms with van der Waals surface area (Å²) in [5, 5.41) is 9.05. The first kappa shape index (κ1) is 15.3. The largest absolute Gasteiger partial charge is 0.481 e. The van der Waals surface area contributed by atoms with Crippen LogP contribution in [0, 0.1) is 11.8 Å². The van der Waals surface area contributed by atoms with Gasteiger partial charge in [0.15, 0.2) is 9.84 Å². The molecule has 114 valence electrons. The summed E-state index contributed by atoms with van der Waals surface area (Å²) in [6, 6.07) is -0.252. The summed E-state index contributed by atoms with van der Waals surface area (Å²) < 4.78 is 22.9. The molecule has 0 aromatic carbocycles. The molecule has 0 bridgehead atoms. The van der Waals surface area contributed by atoms with E-state index in [1.54, 1.807) is 7.05 Å². The molecular weight excluding hydrogens is 282 g/mol. The minimum Gasteiger partial charge on any atom is -0.481 e. The van der Waals surface area contributed by atoms with Gasteiger partial charge in [0, 0.05) is 19.0 Å². The predicted molar refractivity (Wildman–Crippen MR) is 72.9 cm³/mol. The van der Waals surface area contributed by atoms with Crippen molar-refractivity contribution in [1.82, 2.24) is 4.90 Å². The molecule has 0 radical (unpaired) electrons. The molecule has 1 amide bonds. The number of carboxylic acids is 1. The topological polar surface area (TPSA) is 91.8 Å². The van der Waals surface area contributed by atoms with E-state index in [2.05, 4.69) is 0 Å². The minimum atomic E-state index is -3.02. The summed E-state index contributed by atoms with van der Waals surface area (Å²) in [6.45, 7) is 0. The second-order valence-corrected chi connectivity index (χ2v) is 8.13. The lowest BCUT2D eigenvalue weighted by Crippen LogP contribution is -2.43. The lowest BCUT2D eigenvalue weighted by molar-refractivity contribution is -0.145. The highest BCUT2D eigenvalue weighted by molar-refractivity contribution is 7.91. The number of sulfone groups is 1. The van der Waals surface area contributed by atoms with Gasteiger partial charge in [0.1, 0.15) is 0 Å². The number of amides is 1. The van der Waals surface area contributed by atoms with E-state index in [1.165, 1.54) is 4.90 Å². The SMILES string of the molecule is CN(C(=O)[C@@H]1CCC[C@H](C(=O)O)C1)[C@@H]1CCS(=O)(=O)C1. The molecule has 20 heavy (non-hydrogen) atoms. The predicted octanol–water partition coefficient (Wildman–Crippen LogP) is 0.523. The monoisotopic (exact) mass is 303 g/mol. The van der Waals surface area contributed by atoms with Crippen LogP contribution in [0.5, 0.6) is 0 Å². The van der Waals surface area contributed by atoms with Crippen molar-refractivity contribution >= 4 is 21.7 Å². The lowest BCUT2D eigenvalue weighted by atomic mass is 9.80. The van der Waals surface area contributed by atoms with Gasteiger partial charge in [0.05, 0.1) is 17.4 Å². The molecule has 1 aliphatic heterocycles. The molecule has 6 nitrogen and oxygen atoms in total. The Morgan fingerprint density at radius 3 is 2.35 bits per heavy atom. The van der Waals surface area contributed by atoms with Crippen molar-refractivity contribution in [1.29, 1.82) is 0 Å². The summed E-state index contributed by atoms with van der Waals surface area (Å²) in [5.74, 6) is -1.50. The van der Waals surface area contributed by atoms with Crippen LogP contribution in [-0.2, 0) is 19.4 Å². The summed E-state index contributed by atoms with van der Waals surface area (Å²) in [7, 11) is -1.38. The zero-order valence-corrected chi connectivity index (χ0v) is 12.4. The maximum absolute atomic E-state index is 12.4. The molecule has 2 rings (SSSR count). The number of rotatable bonds is 3. The highest BCUT2D eigenvalue weighted by Crippen LogP contribution is 2.31. The van der Waals surface area contributed by atoms with E-state index in [-0.39, 0.29) is 29.4 Å². The Morgan fingerprint density at radius 1 is 1.15 bits per heavy atom. The van der Waals surface area contributed by atoms with Gasteiger partial charge in [-0.1, -0.05) is 6.42 Å². The molecule has 1 heterocycles. The third-order valence-electron chi connectivity index (χ3n) is 4.48. The molecular formula is C13H21NO5S. The average molecular weight is 303 g/mol. The van der Waals surface area contributed by atoms with Gasteiger partial charge in [-0.2, -0.15) is 0 Å². The molecule has 2 aliphatic rings. The van der Waals surface area contributed by atoms with Crippen molar-refractivity contribution in [2.45, 2.75) is 38.1 Å². The Balaban J connectivity index is 1.98. The van der Waals surface area contributed by atoms with E-state index in [0.29, 0.717) is 25.7 Å². The van der Waals surface area contributed by atoms with E-state index in [0.717, 1.165) is 6.42 Å². The number of carbonyl (C=O) groups excluding carboxylic acids is 1. The molecule has 2 fully saturated rings. The minimum absolute atomic E-state index is 0.0321. The molecule has 3 atom stereocenters. The van der Waals surface area contributed by atoms with E-state index < -0.39 is 21.7 Å². The number of aliphatic carboxylic acids is 1. The van der Waals surface area contributed by atoms with Crippen LogP contribution in [0.3, 0.4) is 0 Å². The summed E-state index contributed by atoms with van der Waals surface area (Å²) in [5.41, 5.74) is 0. The van der Waals surface area contributed by atoms with Crippen LogP contribution >= 0.6 is 0 Å². The number of hydrogen-bond acceptors (Lipinski definition) is 4. The fourth-order valence-electron chi connectivity index (χ4n) is 3.19. The van der Waals surface area contributed by atoms with E-state index >= 15 is 0 Å². The molecule has 0 aromatic rings. The Morgan fingerprint density at radius 2 is 1.80 bits per heavy atom. The fraction of sp³-hybridized carbons (Fsp3) is 0.846. The molecule has 1 aliphatic carbocycles. The zero-order valence-electron chi connectivity index (χ0n) is 11.6. The van der Waals surface area contributed by atoms with Gasteiger partial charge in [0.25, 0.3) is 0 Å². The van der Waals surface area contributed by atoms with Crippen molar-refractivity contribution in [3.05, 3.63) is 0 Å². The van der Waals surface area contributed by atoms with Gasteiger partial charge in [0.2, 0.25) is 5.91 Å². The first-order chi connectivity index (χ1) is 9.30. The first-order valence-corrected chi connectivity index (χ1v) is 8.82. The molecule has 1 N–H and O–H groups in total. The van der Waals surface area contributed by atoms with Crippen molar-refractivity contribution < 1.29 is 23.1 Å². The quantitative estimate of drug-likeness (QED) is 0.821. The Bertz CT molecular complexity index is 501. The van der Waals surface area contributed by atoms with E-state index in [1.807, 2.05) is 0 Å². The van der Waals surface area contributed by atoms with Gasteiger partial charge in [-0.25, -0.2) is 8.42 Å². The second-order valence-electron chi connectivity index (χ2n) is 5.90. The van der Waals surface area contributed by atoms with Crippen LogP contribution in [0.1, 0.15) is 32.1 Å². The van der Waals surface area contributed by atoms with Crippen molar-refractivity contribution in [2.24, 2.45) is 11.8 Å². The number of hydrogen-bond donors (Lipinski definition) is 1.